The maximum absolute atomic E-state index is 12.5. The van der Waals surface area contributed by atoms with Gasteiger partial charge in [0.1, 0.15) is 18.1 Å². The zero-order valence-corrected chi connectivity index (χ0v) is 21.8. The third kappa shape index (κ3) is 7.30. The Balaban J connectivity index is 2.05. The summed E-state index contributed by atoms with van der Waals surface area (Å²) in [4.78, 5) is 14.6. The summed E-state index contributed by atoms with van der Waals surface area (Å²) in [6.45, 7) is 9.25. The van der Waals surface area contributed by atoms with Gasteiger partial charge in [-0.05, 0) is 93.4 Å². The Kier molecular flexibility index (Phi) is 8.89. The lowest BCUT2D eigenvalue weighted by atomic mass is 9.88. The van der Waals surface area contributed by atoms with Gasteiger partial charge < -0.3 is 14.4 Å². The van der Waals surface area contributed by atoms with Crippen molar-refractivity contribution in [3.8, 4) is 11.5 Å². The van der Waals surface area contributed by atoms with Crippen molar-refractivity contribution in [2.24, 2.45) is 5.41 Å². The van der Waals surface area contributed by atoms with Crippen molar-refractivity contribution in [2.75, 3.05) is 27.2 Å². The molecule has 0 N–H and O–H groups in total. The van der Waals surface area contributed by atoms with Gasteiger partial charge in [-0.25, -0.2) is 0 Å². The SMILES string of the molecule is CC/C(=C(/c1ccc(OCCN(C)C)cc1)c1cccc(OC(=O)C(C)(C)C)c1)c1ccccc1. The minimum atomic E-state index is -0.574. The Morgan fingerprint density at radius 1 is 0.800 bits per heavy atom. The zero-order valence-electron chi connectivity index (χ0n) is 21.8. The van der Waals surface area contributed by atoms with Crippen LogP contribution in [0.1, 0.15) is 50.8 Å². The van der Waals surface area contributed by atoms with Gasteiger partial charge in [-0.3, -0.25) is 4.79 Å². The van der Waals surface area contributed by atoms with E-state index in [1.165, 1.54) is 11.1 Å². The molecule has 0 aliphatic rings. The normalized spacial score (nSPS) is 12.3. The molecule has 0 radical (unpaired) electrons. The molecule has 184 valence electrons. The first kappa shape index (κ1) is 26.2. The van der Waals surface area contributed by atoms with Gasteiger partial charge in [0.2, 0.25) is 0 Å². The number of likely N-dealkylation sites (N-methyl/N-ethyl adjacent to an activating group) is 1. The summed E-state index contributed by atoms with van der Waals surface area (Å²) in [6.07, 6.45) is 0.854. The van der Waals surface area contributed by atoms with Crippen LogP contribution in [0.4, 0.5) is 0 Å². The van der Waals surface area contributed by atoms with Gasteiger partial charge in [0, 0.05) is 6.54 Å². The van der Waals surface area contributed by atoms with E-state index >= 15 is 0 Å². The molecule has 35 heavy (non-hydrogen) atoms. The van der Waals surface area contributed by atoms with Crippen LogP contribution in [-0.2, 0) is 4.79 Å². The van der Waals surface area contributed by atoms with Crippen LogP contribution < -0.4 is 9.47 Å². The summed E-state index contributed by atoms with van der Waals surface area (Å²) >= 11 is 0. The number of benzene rings is 3. The van der Waals surface area contributed by atoms with E-state index in [9.17, 15) is 4.79 Å². The fourth-order valence-electron chi connectivity index (χ4n) is 3.72. The van der Waals surface area contributed by atoms with Gasteiger partial charge in [0.05, 0.1) is 5.41 Å². The quantitative estimate of drug-likeness (QED) is 0.192. The maximum Gasteiger partial charge on any atom is 0.316 e. The van der Waals surface area contributed by atoms with Crippen LogP contribution in [0.5, 0.6) is 11.5 Å². The van der Waals surface area contributed by atoms with Crippen LogP contribution in [0.2, 0.25) is 0 Å². The standard InChI is InChI=1S/C31H37NO3/c1-7-28(23-12-9-8-10-13-23)29(24-16-18-26(19-17-24)34-21-20-32(5)6)25-14-11-15-27(22-25)35-30(33)31(2,3)4/h8-19,22H,7,20-21H2,1-6H3/b29-28+. The smallest absolute Gasteiger partial charge is 0.316 e. The lowest BCUT2D eigenvalue weighted by Gasteiger charge is -2.19. The third-order valence-corrected chi connectivity index (χ3v) is 5.67. The molecule has 4 heteroatoms. The maximum atomic E-state index is 12.5. The highest BCUT2D eigenvalue weighted by Gasteiger charge is 2.24. The zero-order chi connectivity index (χ0) is 25.4. The fourth-order valence-corrected chi connectivity index (χ4v) is 3.72. The first-order valence-electron chi connectivity index (χ1n) is 12.2. The monoisotopic (exact) mass is 471 g/mol. The van der Waals surface area contributed by atoms with Crippen molar-refractivity contribution in [3.63, 3.8) is 0 Å². The molecule has 0 aliphatic heterocycles. The molecule has 4 nitrogen and oxygen atoms in total. The molecule has 0 amide bonds. The number of carbonyl (C=O) groups excluding carboxylic acids is 1. The van der Waals surface area contributed by atoms with Crippen LogP contribution >= 0.6 is 0 Å². The van der Waals surface area contributed by atoms with Gasteiger partial charge in [-0.2, -0.15) is 0 Å². The lowest BCUT2D eigenvalue weighted by Crippen LogP contribution is -2.25. The summed E-state index contributed by atoms with van der Waals surface area (Å²) in [5.74, 6) is 1.14. The number of hydrogen-bond donors (Lipinski definition) is 0. The Morgan fingerprint density at radius 3 is 2.06 bits per heavy atom. The predicted molar refractivity (Wildman–Crippen MR) is 145 cm³/mol. The molecule has 3 aromatic carbocycles. The fraction of sp³-hybridized carbons (Fsp3) is 0.323. The molecule has 3 aromatic rings. The van der Waals surface area contributed by atoms with E-state index in [4.69, 9.17) is 9.47 Å². The lowest BCUT2D eigenvalue weighted by molar-refractivity contribution is -0.142. The van der Waals surface area contributed by atoms with Crippen molar-refractivity contribution in [2.45, 2.75) is 34.1 Å². The predicted octanol–water partition coefficient (Wildman–Crippen LogP) is 6.95. The highest BCUT2D eigenvalue weighted by molar-refractivity contribution is 5.98. The Labute approximate surface area is 210 Å². The molecule has 0 spiro atoms. The number of carbonyl (C=O) groups is 1. The largest absolute Gasteiger partial charge is 0.492 e. The number of ether oxygens (including phenoxy) is 2. The molecule has 0 aliphatic carbocycles. The van der Waals surface area contributed by atoms with Crippen molar-refractivity contribution in [1.82, 2.24) is 4.90 Å². The van der Waals surface area contributed by atoms with Gasteiger partial charge >= 0.3 is 5.97 Å². The van der Waals surface area contributed by atoms with Crippen molar-refractivity contribution < 1.29 is 14.3 Å². The topological polar surface area (TPSA) is 38.8 Å². The van der Waals surface area contributed by atoms with E-state index < -0.39 is 5.41 Å². The van der Waals surface area contributed by atoms with Gasteiger partial charge in [0.25, 0.3) is 0 Å². The van der Waals surface area contributed by atoms with E-state index in [0.29, 0.717) is 12.4 Å². The van der Waals surface area contributed by atoms with Crippen LogP contribution in [0.15, 0.2) is 78.9 Å². The summed E-state index contributed by atoms with van der Waals surface area (Å²) < 4.78 is 11.6. The minimum Gasteiger partial charge on any atom is -0.492 e. The van der Waals surface area contributed by atoms with E-state index in [1.54, 1.807) is 0 Å². The molecule has 3 rings (SSSR count). The molecule has 0 fully saturated rings. The summed E-state index contributed by atoms with van der Waals surface area (Å²) in [5, 5.41) is 0. The minimum absolute atomic E-state index is 0.252. The average Bonchev–Trinajstić information content (AvgIpc) is 2.83. The number of esters is 1. The Hall–Kier alpha value is -3.37. The second-order valence-corrected chi connectivity index (χ2v) is 9.92. The Bertz CT molecular complexity index is 1140. The summed E-state index contributed by atoms with van der Waals surface area (Å²) in [6, 6.07) is 26.5. The van der Waals surface area contributed by atoms with E-state index in [-0.39, 0.29) is 5.97 Å². The van der Waals surface area contributed by atoms with Crippen molar-refractivity contribution in [1.29, 1.82) is 0 Å². The highest BCUT2D eigenvalue weighted by Crippen LogP contribution is 2.36. The number of rotatable bonds is 9. The second-order valence-electron chi connectivity index (χ2n) is 9.92. The summed E-state index contributed by atoms with van der Waals surface area (Å²) in [5.41, 5.74) is 5.04. The first-order chi connectivity index (χ1) is 16.7. The van der Waals surface area contributed by atoms with Crippen LogP contribution in [-0.4, -0.2) is 38.1 Å². The second kappa shape index (κ2) is 11.9. The summed E-state index contributed by atoms with van der Waals surface area (Å²) in [7, 11) is 4.07. The molecular formula is C31H37NO3. The average molecular weight is 472 g/mol. The van der Waals surface area contributed by atoms with Crippen molar-refractivity contribution in [3.05, 3.63) is 95.6 Å². The van der Waals surface area contributed by atoms with Crippen LogP contribution in [0.25, 0.3) is 11.1 Å². The molecule has 0 saturated carbocycles. The molecule has 0 unspecified atom stereocenters. The molecule has 0 aromatic heterocycles. The third-order valence-electron chi connectivity index (χ3n) is 5.67. The molecule has 0 heterocycles. The molecular weight excluding hydrogens is 434 g/mol. The van der Waals surface area contributed by atoms with Gasteiger partial charge in [-0.15, -0.1) is 0 Å². The highest BCUT2D eigenvalue weighted by atomic mass is 16.5. The van der Waals surface area contributed by atoms with E-state index in [0.717, 1.165) is 35.4 Å². The van der Waals surface area contributed by atoms with Crippen LogP contribution in [0, 0.1) is 5.41 Å². The number of hydrogen-bond acceptors (Lipinski definition) is 4. The Morgan fingerprint density at radius 2 is 1.46 bits per heavy atom. The molecule has 0 atom stereocenters. The molecule has 0 bridgehead atoms. The van der Waals surface area contributed by atoms with E-state index in [1.807, 2.05) is 71.3 Å². The van der Waals surface area contributed by atoms with Crippen molar-refractivity contribution >= 4 is 17.1 Å². The molecule has 0 saturated heterocycles. The van der Waals surface area contributed by atoms with Gasteiger partial charge in [-0.1, -0.05) is 61.5 Å². The first-order valence-corrected chi connectivity index (χ1v) is 12.2. The number of nitrogens with zero attached hydrogens (tertiary/aromatic N) is 1. The van der Waals surface area contributed by atoms with Crippen LogP contribution in [0.3, 0.4) is 0 Å². The number of allylic oxidation sites excluding steroid dienone is 1. The van der Waals surface area contributed by atoms with Gasteiger partial charge in [0.15, 0.2) is 0 Å². The van der Waals surface area contributed by atoms with E-state index in [2.05, 4.69) is 54.3 Å².